The van der Waals surface area contributed by atoms with Crippen LogP contribution in [-0.2, 0) is 0 Å². The number of nitrogens with one attached hydrogen (secondary N) is 1. The molecule has 0 saturated carbocycles. The van der Waals surface area contributed by atoms with Gasteiger partial charge < -0.3 is 9.40 Å². The van der Waals surface area contributed by atoms with Gasteiger partial charge in [0, 0.05) is 22.8 Å². The summed E-state index contributed by atoms with van der Waals surface area (Å²) in [5.74, 6) is 1.40. The van der Waals surface area contributed by atoms with Crippen molar-refractivity contribution in [2.45, 2.75) is 0 Å². The molecule has 0 saturated heterocycles. The molecule has 4 heterocycles. The third-order valence-corrected chi connectivity index (χ3v) is 4.07. The number of hydrogen-bond donors (Lipinski definition) is 1. The highest BCUT2D eigenvalue weighted by Crippen LogP contribution is 2.34. The van der Waals surface area contributed by atoms with Crippen molar-refractivity contribution in [2.75, 3.05) is 0 Å². The van der Waals surface area contributed by atoms with E-state index >= 15 is 0 Å². The standard InChI is InChI=1S/C16H11N3OS/c1-4-12(17-7-1)16-18-10-11(14-6-3-9-21-14)15(19-16)13-5-2-8-20-13/h1-10,17H. The van der Waals surface area contributed by atoms with Crippen LogP contribution in [0.15, 0.2) is 64.9 Å². The highest BCUT2D eigenvalue weighted by atomic mass is 32.1. The Morgan fingerprint density at radius 3 is 2.81 bits per heavy atom. The average Bonchev–Trinajstić information content (AvgIpc) is 3.28. The third kappa shape index (κ3) is 2.17. The van der Waals surface area contributed by atoms with Crippen LogP contribution in [0, 0.1) is 0 Å². The summed E-state index contributed by atoms with van der Waals surface area (Å²) in [6.07, 6.45) is 5.37. The van der Waals surface area contributed by atoms with E-state index in [2.05, 4.69) is 21.0 Å². The molecule has 5 heteroatoms. The summed E-state index contributed by atoms with van der Waals surface area (Å²) in [5.41, 5.74) is 2.68. The largest absolute Gasteiger partial charge is 0.463 e. The summed E-state index contributed by atoms with van der Waals surface area (Å²) >= 11 is 1.66. The van der Waals surface area contributed by atoms with Gasteiger partial charge in [-0.25, -0.2) is 9.97 Å². The van der Waals surface area contributed by atoms with Gasteiger partial charge in [0.05, 0.1) is 12.0 Å². The minimum atomic E-state index is 0.659. The Kier molecular flexibility index (Phi) is 2.90. The molecule has 0 amide bonds. The van der Waals surface area contributed by atoms with Crippen LogP contribution in [0.3, 0.4) is 0 Å². The Morgan fingerprint density at radius 1 is 1.10 bits per heavy atom. The van der Waals surface area contributed by atoms with Gasteiger partial charge in [-0.05, 0) is 35.7 Å². The van der Waals surface area contributed by atoms with Crippen LogP contribution in [0.2, 0.25) is 0 Å². The zero-order valence-corrected chi connectivity index (χ0v) is 11.8. The van der Waals surface area contributed by atoms with Crippen LogP contribution in [0.1, 0.15) is 0 Å². The van der Waals surface area contributed by atoms with Crippen LogP contribution in [0.5, 0.6) is 0 Å². The maximum absolute atomic E-state index is 5.53. The Morgan fingerprint density at radius 2 is 2.10 bits per heavy atom. The number of furan rings is 1. The van der Waals surface area contributed by atoms with E-state index in [4.69, 9.17) is 4.42 Å². The minimum Gasteiger partial charge on any atom is -0.463 e. The fraction of sp³-hybridized carbons (Fsp3) is 0. The summed E-state index contributed by atoms with van der Waals surface area (Å²) in [4.78, 5) is 13.4. The van der Waals surface area contributed by atoms with Gasteiger partial charge in [-0.3, -0.25) is 0 Å². The second-order valence-electron chi connectivity index (χ2n) is 4.49. The Bertz CT molecular complexity index is 834. The normalized spacial score (nSPS) is 10.9. The summed E-state index contributed by atoms with van der Waals surface area (Å²) in [6.45, 7) is 0. The van der Waals surface area contributed by atoms with Crippen molar-refractivity contribution in [2.24, 2.45) is 0 Å². The lowest BCUT2D eigenvalue weighted by Crippen LogP contribution is -1.94. The first kappa shape index (κ1) is 12.1. The number of rotatable bonds is 3. The smallest absolute Gasteiger partial charge is 0.176 e. The molecule has 0 unspecified atom stereocenters. The molecule has 1 N–H and O–H groups in total. The summed E-state index contributed by atoms with van der Waals surface area (Å²) in [5, 5.41) is 2.04. The zero-order chi connectivity index (χ0) is 14.1. The van der Waals surface area contributed by atoms with Crippen LogP contribution >= 0.6 is 11.3 Å². The van der Waals surface area contributed by atoms with Crippen molar-refractivity contribution in [1.29, 1.82) is 0 Å². The number of hydrogen-bond acceptors (Lipinski definition) is 4. The first-order valence-electron chi connectivity index (χ1n) is 6.50. The topological polar surface area (TPSA) is 54.7 Å². The monoisotopic (exact) mass is 293 g/mol. The lowest BCUT2D eigenvalue weighted by atomic mass is 10.1. The molecular formula is C16H11N3OS. The zero-order valence-electron chi connectivity index (χ0n) is 11.0. The maximum Gasteiger partial charge on any atom is 0.176 e. The molecule has 0 atom stereocenters. The lowest BCUT2D eigenvalue weighted by Gasteiger charge is -2.06. The first-order valence-corrected chi connectivity index (χ1v) is 7.38. The summed E-state index contributed by atoms with van der Waals surface area (Å²) < 4.78 is 5.53. The Labute approximate surface area is 125 Å². The summed E-state index contributed by atoms with van der Waals surface area (Å²) in [7, 11) is 0. The Balaban J connectivity index is 1.92. The fourth-order valence-corrected chi connectivity index (χ4v) is 2.93. The third-order valence-electron chi connectivity index (χ3n) is 3.17. The van der Waals surface area contributed by atoms with E-state index in [0.717, 1.165) is 27.6 Å². The number of H-pyrrole nitrogens is 1. The Hall–Kier alpha value is -2.66. The average molecular weight is 293 g/mol. The van der Waals surface area contributed by atoms with Gasteiger partial charge in [-0.15, -0.1) is 11.3 Å². The van der Waals surface area contributed by atoms with E-state index in [0.29, 0.717) is 5.82 Å². The van der Waals surface area contributed by atoms with Crippen molar-refractivity contribution in [3.63, 3.8) is 0 Å². The molecule has 4 aromatic rings. The molecule has 102 valence electrons. The van der Waals surface area contributed by atoms with E-state index < -0.39 is 0 Å². The van der Waals surface area contributed by atoms with E-state index in [1.165, 1.54) is 0 Å². The van der Waals surface area contributed by atoms with Gasteiger partial charge in [0.25, 0.3) is 0 Å². The molecule has 0 aliphatic rings. The molecule has 0 aliphatic carbocycles. The second kappa shape index (κ2) is 5.03. The summed E-state index contributed by atoms with van der Waals surface area (Å²) in [6, 6.07) is 11.7. The molecular weight excluding hydrogens is 282 g/mol. The van der Waals surface area contributed by atoms with Gasteiger partial charge in [-0.2, -0.15) is 0 Å². The molecule has 4 nitrogen and oxygen atoms in total. The van der Waals surface area contributed by atoms with Crippen LogP contribution in [0.25, 0.3) is 33.4 Å². The molecule has 0 fully saturated rings. The van der Waals surface area contributed by atoms with Crippen LogP contribution < -0.4 is 0 Å². The van der Waals surface area contributed by atoms with Gasteiger partial charge in [-0.1, -0.05) is 6.07 Å². The lowest BCUT2D eigenvalue weighted by molar-refractivity contribution is 0.580. The first-order chi connectivity index (χ1) is 10.4. The van der Waals surface area contributed by atoms with Crippen molar-refractivity contribution in [3.8, 4) is 33.4 Å². The fourth-order valence-electron chi connectivity index (χ4n) is 2.19. The molecule has 0 aliphatic heterocycles. The molecule has 0 radical (unpaired) electrons. The van der Waals surface area contributed by atoms with E-state index in [1.807, 2.05) is 48.1 Å². The van der Waals surface area contributed by atoms with Crippen molar-refractivity contribution >= 4 is 11.3 Å². The van der Waals surface area contributed by atoms with Crippen molar-refractivity contribution < 1.29 is 4.42 Å². The number of thiophene rings is 1. The van der Waals surface area contributed by atoms with Crippen molar-refractivity contribution in [3.05, 3.63) is 60.4 Å². The van der Waals surface area contributed by atoms with E-state index in [1.54, 1.807) is 17.6 Å². The molecule has 21 heavy (non-hydrogen) atoms. The molecule has 0 spiro atoms. The van der Waals surface area contributed by atoms with Gasteiger partial charge >= 0.3 is 0 Å². The quantitative estimate of drug-likeness (QED) is 0.606. The molecule has 0 bridgehead atoms. The maximum atomic E-state index is 5.53. The van der Waals surface area contributed by atoms with Gasteiger partial charge in [0.1, 0.15) is 5.69 Å². The SMILES string of the molecule is c1c[nH]c(-c2ncc(-c3cccs3)c(-c3ccco3)n2)c1. The minimum absolute atomic E-state index is 0.659. The van der Waals surface area contributed by atoms with Crippen LogP contribution in [-0.4, -0.2) is 15.0 Å². The highest BCUT2D eigenvalue weighted by molar-refractivity contribution is 7.13. The van der Waals surface area contributed by atoms with Gasteiger partial charge in [0.2, 0.25) is 0 Å². The second-order valence-corrected chi connectivity index (χ2v) is 5.44. The van der Waals surface area contributed by atoms with E-state index in [9.17, 15) is 0 Å². The predicted molar refractivity (Wildman–Crippen MR) is 82.8 cm³/mol. The number of aromatic amines is 1. The molecule has 4 aromatic heterocycles. The molecule has 4 rings (SSSR count). The van der Waals surface area contributed by atoms with Crippen molar-refractivity contribution in [1.82, 2.24) is 15.0 Å². The predicted octanol–water partition coefficient (Wildman–Crippen LogP) is 4.46. The van der Waals surface area contributed by atoms with Gasteiger partial charge in [0.15, 0.2) is 11.6 Å². The number of nitrogens with zero attached hydrogens (tertiary/aromatic N) is 2. The number of aromatic nitrogens is 3. The molecule has 0 aromatic carbocycles. The van der Waals surface area contributed by atoms with Crippen LogP contribution in [0.4, 0.5) is 0 Å². The highest BCUT2D eigenvalue weighted by Gasteiger charge is 2.15. The van der Waals surface area contributed by atoms with E-state index in [-0.39, 0.29) is 0 Å².